The molecule has 0 aromatic heterocycles. The molecule has 31 heavy (non-hydrogen) atoms. The third-order valence-corrected chi connectivity index (χ3v) is 6.70. The lowest BCUT2D eigenvalue weighted by molar-refractivity contribution is -0.111. The van der Waals surface area contributed by atoms with Crippen molar-refractivity contribution in [2.45, 2.75) is 26.4 Å². The third kappa shape index (κ3) is 5.71. The number of carbonyl (C=O) groups excluding carboxylic acids is 1. The minimum absolute atomic E-state index is 0.0597. The molecule has 0 saturated carbocycles. The number of hydrogen-bond donors (Lipinski definition) is 1. The molecule has 0 spiro atoms. The number of anilines is 2. The van der Waals surface area contributed by atoms with Crippen LogP contribution < -0.4 is 19.1 Å². The van der Waals surface area contributed by atoms with Gasteiger partial charge in [0.2, 0.25) is 15.9 Å². The summed E-state index contributed by atoms with van der Waals surface area (Å²) in [5, 5.41) is 3.14. The van der Waals surface area contributed by atoms with E-state index in [1.165, 1.54) is 17.5 Å². The zero-order valence-electron chi connectivity index (χ0n) is 17.6. The number of ether oxygens (including phenoxy) is 2. The first kappa shape index (κ1) is 23.0. The van der Waals surface area contributed by atoms with Gasteiger partial charge in [0.1, 0.15) is 0 Å². The number of halogens is 1. The SMILES string of the molecule is COc1cc(/C=C/C(=O)Nc2ccc(N3CCCS3(=O)=O)cc2)cc(Cl)c1OC(C)C. The molecule has 0 radical (unpaired) electrons. The quantitative estimate of drug-likeness (QED) is 0.616. The second-order valence-electron chi connectivity index (χ2n) is 7.31. The maximum absolute atomic E-state index is 12.3. The van der Waals surface area contributed by atoms with E-state index in [0.717, 1.165) is 0 Å². The lowest BCUT2D eigenvalue weighted by Crippen LogP contribution is -2.24. The van der Waals surface area contributed by atoms with Crippen LogP contribution in [0.5, 0.6) is 11.5 Å². The molecule has 1 heterocycles. The topological polar surface area (TPSA) is 84.9 Å². The second kappa shape index (κ2) is 9.62. The Morgan fingerprint density at radius 3 is 2.52 bits per heavy atom. The summed E-state index contributed by atoms with van der Waals surface area (Å²) in [6, 6.07) is 10.1. The molecule has 2 aromatic rings. The lowest BCUT2D eigenvalue weighted by Gasteiger charge is -2.17. The van der Waals surface area contributed by atoms with Gasteiger partial charge in [-0.2, -0.15) is 0 Å². The van der Waals surface area contributed by atoms with Crippen molar-refractivity contribution in [2.24, 2.45) is 0 Å². The highest BCUT2D eigenvalue weighted by molar-refractivity contribution is 7.93. The van der Waals surface area contributed by atoms with Crippen LogP contribution in [0.3, 0.4) is 0 Å². The van der Waals surface area contributed by atoms with Gasteiger partial charge < -0.3 is 14.8 Å². The molecule has 1 fully saturated rings. The normalized spacial score (nSPS) is 15.5. The highest BCUT2D eigenvalue weighted by Gasteiger charge is 2.28. The van der Waals surface area contributed by atoms with Gasteiger partial charge in [-0.15, -0.1) is 0 Å². The van der Waals surface area contributed by atoms with E-state index >= 15 is 0 Å². The molecule has 1 N–H and O–H groups in total. The van der Waals surface area contributed by atoms with Gasteiger partial charge in [0.05, 0.1) is 29.7 Å². The van der Waals surface area contributed by atoms with Crippen molar-refractivity contribution in [2.75, 3.05) is 29.0 Å². The number of methoxy groups -OCH3 is 1. The van der Waals surface area contributed by atoms with Crippen LogP contribution in [0.15, 0.2) is 42.5 Å². The Hall–Kier alpha value is -2.71. The fraction of sp³-hybridized carbons (Fsp3) is 0.318. The maximum atomic E-state index is 12.3. The van der Waals surface area contributed by atoms with Gasteiger partial charge in [-0.1, -0.05) is 11.6 Å². The Balaban J connectivity index is 1.67. The Bertz CT molecular complexity index is 1080. The fourth-order valence-electron chi connectivity index (χ4n) is 3.18. The van der Waals surface area contributed by atoms with Crippen molar-refractivity contribution in [3.05, 3.63) is 53.1 Å². The molecule has 166 valence electrons. The molecule has 9 heteroatoms. The predicted octanol–water partition coefficient (Wildman–Crippen LogP) is 4.33. The average molecular weight is 465 g/mol. The van der Waals surface area contributed by atoms with Crippen molar-refractivity contribution in [3.8, 4) is 11.5 Å². The van der Waals surface area contributed by atoms with Crippen LogP contribution in [0.1, 0.15) is 25.8 Å². The van der Waals surface area contributed by atoms with Crippen LogP contribution >= 0.6 is 11.6 Å². The van der Waals surface area contributed by atoms with Crippen LogP contribution in [0, 0.1) is 0 Å². The smallest absolute Gasteiger partial charge is 0.248 e. The van der Waals surface area contributed by atoms with Crippen molar-refractivity contribution < 1.29 is 22.7 Å². The summed E-state index contributed by atoms with van der Waals surface area (Å²) in [4.78, 5) is 12.3. The fourth-order valence-corrected chi connectivity index (χ4v) is 5.01. The van der Waals surface area contributed by atoms with E-state index in [4.69, 9.17) is 21.1 Å². The van der Waals surface area contributed by atoms with Crippen molar-refractivity contribution >= 4 is 45.0 Å². The second-order valence-corrected chi connectivity index (χ2v) is 9.73. The van der Waals surface area contributed by atoms with Gasteiger partial charge in [-0.3, -0.25) is 9.10 Å². The third-order valence-electron chi connectivity index (χ3n) is 4.55. The Morgan fingerprint density at radius 1 is 1.23 bits per heavy atom. The van der Waals surface area contributed by atoms with E-state index in [9.17, 15) is 13.2 Å². The number of benzene rings is 2. The standard InChI is InChI=1S/C22H25ClN2O5S/c1-15(2)30-22-19(23)13-16(14-20(22)29-3)5-10-21(26)24-17-6-8-18(9-7-17)25-11-4-12-31(25,27)28/h5-10,13-15H,4,11-12H2,1-3H3,(H,24,26)/b10-5+. The van der Waals surface area contributed by atoms with Crippen molar-refractivity contribution in [1.29, 1.82) is 0 Å². The molecule has 2 aromatic carbocycles. The molecule has 1 aliphatic rings. The summed E-state index contributed by atoms with van der Waals surface area (Å²) in [7, 11) is -1.71. The number of hydrogen-bond acceptors (Lipinski definition) is 5. The predicted molar refractivity (Wildman–Crippen MR) is 124 cm³/mol. The summed E-state index contributed by atoms with van der Waals surface area (Å²) in [6.07, 6.45) is 3.56. The van der Waals surface area contributed by atoms with Crippen LogP contribution in [-0.4, -0.2) is 39.8 Å². The number of nitrogens with one attached hydrogen (secondary N) is 1. The van der Waals surface area contributed by atoms with Crippen LogP contribution in [0.25, 0.3) is 6.08 Å². The van der Waals surface area contributed by atoms with E-state index in [2.05, 4.69) is 5.32 Å². The Morgan fingerprint density at radius 2 is 1.94 bits per heavy atom. The van der Waals surface area contributed by atoms with Crippen molar-refractivity contribution in [3.63, 3.8) is 0 Å². The van der Waals surface area contributed by atoms with Crippen molar-refractivity contribution in [1.82, 2.24) is 0 Å². The van der Waals surface area contributed by atoms with Gasteiger partial charge in [-0.25, -0.2) is 8.42 Å². The number of sulfonamides is 1. The first-order valence-electron chi connectivity index (χ1n) is 9.83. The largest absolute Gasteiger partial charge is 0.493 e. The molecular formula is C22H25ClN2O5S. The first-order chi connectivity index (χ1) is 14.7. The molecule has 1 aliphatic heterocycles. The number of carbonyl (C=O) groups is 1. The maximum Gasteiger partial charge on any atom is 0.248 e. The lowest BCUT2D eigenvalue weighted by atomic mass is 10.1. The minimum atomic E-state index is -3.23. The average Bonchev–Trinajstić information content (AvgIpc) is 3.07. The molecule has 1 saturated heterocycles. The molecule has 0 aliphatic carbocycles. The highest BCUT2D eigenvalue weighted by atomic mass is 35.5. The Kier molecular flexibility index (Phi) is 7.12. The summed E-state index contributed by atoms with van der Waals surface area (Å²) in [6.45, 7) is 4.26. The molecule has 7 nitrogen and oxygen atoms in total. The van der Waals surface area contributed by atoms with E-state index in [-0.39, 0.29) is 17.8 Å². The minimum Gasteiger partial charge on any atom is -0.493 e. The highest BCUT2D eigenvalue weighted by Crippen LogP contribution is 2.37. The Labute approximate surface area is 187 Å². The number of amides is 1. The molecule has 0 bridgehead atoms. The monoisotopic (exact) mass is 464 g/mol. The molecule has 3 rings (SSSR count). The van der Waals surface area contributed by atoms with Gasteiger partial charge in [0.15, 0.2) is 11.5 Å². The van der Waals surface area contributed by atoms with E-state index in [1.807, 2.05) is 13.8 Å². The van der Waals surface area contributed by atoms with E-state index in [1.54, 1.807) is 42.5 Å². The van der Waals surface area contributed by atoms with Gasteiger partial charge in [-0.05, 0) is 68.3 Å². The first-order valence-corrected chi connectivity index (χ1v) is 11.8. The van der Waals surface area contributed by atoms with E-state index < -0.39 is 10.0 Å². The van der Waals surface area contributed by atoms with Crippen LogP contribution in [0.2, 0.25) is 5.02 Å². The molecule has 1 amide bonds. The van der Waals surface area contributed by atoms with Crippen LogP contribution in [-0.2, 0) is 14.8 Å². The summed E-state index contributed by atoms with van der Waals surface area (Å²) in [5.41, 5.74) is 1.84. The summed E-state index contributed by atoms with van der Waals surface area (Å²) >= 11 is 6.30. The van der Waals surface area contributed by atoms with E-state index in [0.29, 0.717) is 46.4 Å². The molecule has 0 unspecified atom stereocenters. The molecular weight excluding hydrogens is 440 g/mol. The van der Waals surface area contributed by atoms with Crippen LogP contribution in [0.4, 0.5) is 11.4 Å². The van der Waals surface area contributed by atoms with Gasteiger partial charge in [0.25, 0.3) is 0 Å². The summed E-state index contributed by atoms with van der Waals surface area (Å²) < 4.78 is 36.4. The van der Waals surface area contributed by atoms with Gasteiger partial charge >= 0.3 is 0 Å². The zero-order valence-corrected chi connectivity index (χ0v) is 19.2. The van der Waals surface area contributed by atoms with Gasteiger partial charge in [0, 0.05) is 18.3 Å². The number of nitrogens with zero attached hydrogens (tertiary/aromatic N) is 1. The zero-order chi connectivity index (χ0) is 22.6. The summed E-state index contributed by atoms with van der Waals surface area (Å²) in [5.74, 6) is 0.768. The molecule has 0 atom stereocenters. The number of rotatable bonds is 7.